The number of esters is 2. The van der Waals surface area contributed by atoms with Gasteiger partial charge in [0.1, 0.15) is 0 Å². The van der Waals surface area contributed by atoms with Crippen LogP contribution >= 0.6 is 0 Å². The molecular weight excluding hydrogens is 304 g/mol. The number of ether oxygens (including phenoxy) is 2. The summed E-state index contributed by atoms with van der Waals surface area (Å²) < 4.78 is 10.3. The van der Waals surface area contributed by atoms with Gasteiger partial charge in [-0.1, -0.05) is 27.7 Å². The van der Waals surface area contributed by atoms with E-state index in [0.717, 1.165) is 0 Å². The first-order chi connectivity index (χ1) is 11.4. The van der Waals surface area contributed by atoms with E-state index in [1.165, 1.54) is 25.7 Å². The van der Waals surface area contributed by atoms with Gasteiger partial charge in [-0.2, -0.15) is 0 Å². The van der Waals surface area contributed by atoms with Crippen LogP contribution in [0.1, 0.15) is 53.4 Å². The van der Waals surface area contributed by atoms with E-state index in [4.69, 9.17) is 9.47 Å². The molecule has 2 heterocycles. The molecule has 24 heavy (non-hydrogen) atoms. The summed E-state index contributed by atoms with van der Waals surface area (Å²) >= 11 is 0. The molecule has 0 aromatic heterocycles. The zero-order valence-corrected chi connectivity index (χ0v) is 15.5. The molecule has 2 saturated carbocycles. The minimum atomic E-state index is 0.0584. The molecular formula is C20H32O4. The number of hydrogen-bond donors (Lipinski definition) is 0. The van der Waals surface area contributed by atoms with Gasteiger partial charge in [0.2, 0.25) is 0 Å². The van der Waals surface area contributed by atoms with E-state index in [-0.39, 0.29) is 23.8 Å². The van der Waals surface area contributed by atoms with Crippen LogP contribution in [-0.4, -0.2) is 25.2 Å². The maximum atomic E-state index is 11.4. The van der Waals surface area contributed by atoms with E-state index in [0.29, 0.717) is 48.7 Å². The van der Waals surface area contributed by atoms with Crippen LogP contribution in [-0.2, 0) is 19.1 Å². The Bertz CT molecular complexity index is 444. The molecule has 2 aliphatic heterocycles. The normalized spacial score (nSPS) is 47.0. The van der Waals surface area contributed by atoms with E-state index in [1.807, 2.05) is 0 Å². The van der Waals surface area contributed by atoms with E-state index in [2.05, 4.69) is 27.7 Å². The Hall–Kier alpha value is -1.06. The molecule has 2 saturated heterocycles. The molecule has 4 fully saturated rings. The molecule has 4 nitrogen and oxygen atoms in total. The SMILES string of the molecule is C[C@@H]1COC(=O)C2[C@@H](C)CC[C@@H]21.C[C@H]1COC(=O)C2C1CC[C@@H]2C. The van der Waals surface area contributed by atoms with Crippen molar-refractivity contribution in [1.29, 1.82) is 0 Å². The Morgan fingerprint density at radius 2 is 1.00 bits per heavy atom. The molecule has 2 aliphatic carbocycles. The van der Waals surface area contributed by atoms with Crippen LogP contribution in [0, 0.1) is 47.3 Å². The summed E-state index contributed by atoms with van der Waals surface area (Å²) in [6.07, 6.45) is 4.85. The third kappa shape index (κ3) is 3.21. The molecule has 4 heteroatoms. The van der Waals surface area contributed by atoms with Gasteiger partial charge in [-0.05, 0) is 61.2 Å². The average molecular weight is 336 g/mol. The molecule has 8 atom stereocenters. The molecule has 0 spiro atoms. The lowest BCUT2D eigenvalue weighted by molar-refractivity contribution is -0.161. The van der Waals surface area contributed by atoms with Crippen LogP contribution < -0.4 is 0 Å². The summed E-state index contributed by atoms with van der Waals surface area (Å²) in [6.45, 7) is 10.0. The first kappa shape index (κ1) is 17.8. The summed E-state index contributed by atoms with van der Waals surface area (Å²) in [4.78, 5) is 22.8. The Kier molecular flexibility index (Phi) is 5.22. The fourth-order valence-electron chi connectivity index (χ4n) is 5.43. The van der Waals surface area contributed by atoms with Gasteiger partial charge in [0, 0.05) is 0 Å². The smallest absolute Gasteiger partial charge is 0.309 e. The molecule has 0 bridgehead atoms. The van der Waals surface area contributed by atoms with Crippen molar-refractivity contribution in [2.45, 2.75) is 53.4 Å². The first-order valence-corrected chi connectivity index (χ1v) is 9.73. The summed E-state index contributed by atoms with van der Waals surface area (Å²) in [5.74, 6) is 4.03. The predicted octanol–water partition coefficient (Wildman–Crippen LogP) is 3.68. The number of cyclic esters (lactones) is 2. The Morgan fingerprint density at radius 1 is 0.625 bits per heavy atom. The molecule has 0 N–H and O–H groups in total. The number of carbonyl (C=O) groups is 2. The fourth-order valence-corrected chi connectivity index (χ4v) is 5.43. The summed E-state index contributed by atoms with van der Waals surface area (Å²) in [5.41, 5.74) is 0. The maximum absolute atomic E-state index is 11.4. The van der Waals surface area contributed by atoms with Gasteiger partial charge in [-0.3, -0.25) is 9.59 Å². The molecule has 4 rings (SSSR count). The van der Waals surface area contributed by atoms with Gasteiger partial charge in [0.25, 0.3) is 0 Å². The molecule has 0 aromatic rings. The standard InChI is InChI=1S/2C10H16O2/c2*1-6-3-4-8-7(2)5-12-10(11)9(6)8/h2*6-9H,3-5H2,1-2H3/t6-,7+,8+,9?;6-,7-,8?,9?/m00/s1. The van der Waals surface area contributed by atoms with Crippen molar-refractivity contribution in [2.24, 2.45) is 47.3 Å². The van der Waals surface area contributed by atoms with Gasteiger partial charge in [-0.15, -0.1) is 0 Å². The topological polar surface area (TPSA) is 52.6 Å². The third-order valence-corrected chi connectivity index (χ3v) is 7.04. The lowest BCUT2D eigenvalue weighted by Gasteiger charge is -2.31. The van der Waals surface area contributed by atoms with Gasteiger partial charge >= 0.3 is 11.9 Å². The molecule has 0 radical (unpaired) electrons. The second kappa shape index (κ2) is 7.05. The van der Waals surface area contributed by atoms with Crippen molar-refractivity contribution in [3.05, 3.63) is 0 Å². The monoisotopic (exact) mass is 336 g/mol. The Morgan fingerprint density at radius 3 is 1.33 bits per heavy atom. The number of rotatable bonds is 0. The van der Waals surface area contributed by atoms with Crippen molar-refractivity contribution in [2.75, 3.05) is 13.2 Å². The van der Waals surface area contributed by atoms with Crippen LogP contribution in [0.4, 0.5) is 0 Å². The van der Waals surface area contributed by atoms with Crippen LogP contribution in [0.25, 0.3) is 0 Å². The maximum Gasteiger partial charge on any atom is 0.309 e. The van der Waals surface area contributed by atoms with E-state index in [9.17, 15) is 9.59 Å². The zero-order valence-electron chi connectivity index (χ0n) is 15.5. The van der Waals surface area contributed by atoms with Crippen molar-refractivity contribution in [3.8, 4) is 0 Å². The van der Waals surface area contributed by atoms with Crippen LogP contribution in [0.5, 0.6) is 0 Å². The highest BCUT2D eigenvalue weighted by Crippen LogP contribution is 2.45. The van der Waals surface area contributed by atoms with Gasteiger partial charge in [0.15, 0.2) is 0 Å². The lowest BCUT2D eigenvalue weighted by Crippen LogP contribution is -2.37. The molecule has 0 amide bonds. The molecule has 136 valence electrons. The first-order valence-electron chi connectivity index (χ1n) is 9.73. The van der Waals surface area contributed by atoms with Crippen molar-refractivity contribution >= 4 is 11.9 Å². The van der Waals surface area contributed by atoms with E-state index in [1.54, 1.807) is 0 Å². The van der Waals surface area contributed by atoms with Crippen molar-refractivity contribution in [1.82, 2.24) is 0 Å². The average Bonchev–Trinajstić information content (AvgIpc) is 3.13. The van der Waals surface area contributed by atoms with E-state index < -0.39 is 0 Å². The minimum Gasteiger partial charge on any atom is -0.465 e. The van der Waals surface area contributed by atoms with Crippen LogP contribution in [0.3, 0.4) is 0 Å². The van der Waals surface area contributed by atoms with Crippen molar-refractivity contribution in [3.63, 3.8) is 0 Å². The Balaban J connectivity index is 0.000000141. The molecule has 4 aliphatic rings. The molecule has 3 unspecified atom stereocenters. The van der Waals surface area contributed by atoms with Crippen LogP contribution in [0.2, 0.25) is 0 Å². The zero-order chi connectivity index (χ0) is 17.4. The lowest BCUT2D eigenvalue weighted by atomic mass is 9.81. The van der Waals surface area contributed by atoms with Crippen molar-refractivity contribution < 1.29 is 19.1 Å². The van der Waals surface area contributed by atoms with Gasteiger partial charge in [-0.25, -0.2) is 0 Å². The second-order valence-corrected chi connectivity index (χ2v) is 8.70. The third-order valence-electron chi connectivity index (χ3n) is 7.04. The summed E-state index contributed by atoms with van der Waals surface area (Å²) in [6, 6.07) is 0. The van der Waals surface area contributed by atoms with Gasteiger partial charge < -0.3 is 9.47 Å². The highest BCUT2D eigenvalue weighted by atomic mass is 16.5. The van der Waals surface area contributed by atoms with E-state index >= 15 is 0 Å². The largest absolute Gasteiger partial charge is 0.465 e. The summed E-state index contributed by atoms with van der Waals surface area (Å²) in [5, 5.41) is 0. The van der Waals surface area contributed by atoms with Gasteiger partial charge in [0.05, 0.1) is 25.0 Å². The highest BCUT2D eigenvalue weighted by Gasteiger charge is 2.46. The molecule has 0 aromatic carbocycles. The fraction of sp³-hybridized carbons (Fsp3) is 0.900. The minimum absolute atomic E-state index is 0.0584. The quantitative estimate of drug-likeness (QED) is 0.633. The number of fused-ring (bicyclic) bond motifs is 2. The second-order valence-electron chi connectivity index (χ2n) is 8.70. The van der Waals surface area contributed by atoms with Crippen LogP contribution in [0.15, 0.2) is 0 Å². The predicted molar refractivity (Wildman–Crippen MR) is 91.0 cm³/mol. The summed E-state index contributed by atoms with van der Waals surface area (Å²) in [7, 11) is 0. The highest BCUT2D eigenvalue weighted by molar-refractivity contribution is 5.74. The number of carbonyl (C=O) groups excluding carboxylic acids is 2. The Labute approximate surface area is 145 Å². The number of hydrogen-bond acceptors (Lipinski definition) is 4.